The van der Waals surface area contributed by atoms with Crippen molar-refractivity contribution >= 4 is 5.97 Å². The monoisotopic (exact) mass is 249 g/mol. The van der Waals surface area contributed by atoms with Gasteiger partial charge in [0.2, 0.25) is 0 Å². The summed E-state index contributed by atoms with van der Waals surface area (Å²) in [6.45, 7) is 7.62. The number of rotatable bonds is 1. The molecule has 1 heterocycles. The van der Waals surface area contributed by atoms with Crippen LogP contribution >= 0.6 is 0 Å². The molecule has 1 aromatic carbocycles. The van der Waals surface area contributed by atoms with Crippen molar-refractivity contribution < 1.29 is 14.3 Å². The number of carbonyl (C=O) groups excluding carboxylic acids is 1. The molecule has 4 heteroatoms. The van der Waals surface area contributed by atoms with E-state index < -0.39 is 5.60 Å². The zero-order chi connectivity index (χ0) is 13.2. The Labute approximate surface area is 107 Å². The molecule has 0 aromatic heterocycles. The average Bonchev–Trinajstić information content (AvgIpc) is 2.50. The van der Waals surface area contributed by atoms with Gasteiger partial charge >= 0.3 is 5.97 Å². The summed E-state index contributed by atoms with van der Waals surface area (Å²) >= 11 is 0. The highest BCUT2D eigenvalue weighted by Gasteiger charge is 2.23. The van der Waals surface area contributed by atoms with E-state index in [9.17, 15) is 4.79 Å². The molecule has 0 bridgehead atoms. The fourth-order valence-corrected chi connectivity index (χ4v) is 1.84. The Hall–Kier alpha value is -1.55. The summed E-state index contributed by atoms with van der Waals surface area (Å²) in [5, 5.41) is 3.24. The van der Waals surface area contributed by atoms with Crippen molar-refractivity contribution in [2.24, 2.45) is 0 Å². The predicted molar refractivity (Wildman–Crippen MR) is 68.8 cm³/mol. The Balaban J connectivity index is 2.31. The van der Waals surface area contributed by atoms with E-state index in [4.69, 9.17) is 9.47 Å². The molecule has 0 spiro atoms. The molecule has 0 saturated heterocycles. The highest BCUT2D eigenvalue weighted by atomic mass is 16.6. The third-order valence-corrected chi connectivity index (χ3v) is 2.56. The minimum absolute atomic E-state index is 0.332. The quantitative estimate of drug-likeness (QED) is 0.774. The first-order chi connectivity index (χ1) is 8.47. The molecule has 1 aliphatic heterocycles. The number of para-hydroxylation sites is 1. The van der Waals surface area contributed by atoms with Crippen molar-refractivity contribution in [3.05, 3.63) is 29.3 Å². The van der Waals surface area contributed by atoms with Gasteiger partial charge in [-0.25, -0.2) is 4.79 Å². The van der Waals surface area contributed by atoms with Crippen molar-refractivity contribution in [3.8, 4) is 5.75 Å². The van der Waals surface area contributed by atoms with Crippen molar-refractivity contribution in [2.45, 2.75) is 32.9 Å². The second-order valence-electron chi connectivity index (χ2n) is 5.32. The Morgan fingerprint density at radius 2 is 2.17 bits per heavy atom. The number of esters is 1. The second kappa shape index (κ2) is 4.98. The van der Waals surface area contributed by atoms with E-state index in [2.05, 4.69) is 5.32 Å². The lowest BCUT2D eigenvalue weighted by atomic mass is 10.1. The normalized spacial score (nSPS) is 15.3. The van der Waals surface area contributed by atoms with Crippen LogP contribution in [0.1, 0.15) is 36.7 Å². The molecular formula is C14H19NO3. The topological polar surface area (TPSA) is 47.6 Å². The minimum Gasteiger partial charge on any atom is -0.491 e. The highest BCUT2D eigenvalue weighted by molar-refractivity contribution is 5.93. The maximum Gasteiger partial charge on any atom is 0.342 e. The lowest BCUT2D eigenvalue weighted by molar-refractivity contribution is 0.00658. The van der Waals surface area contributed by atoms with Crippen molar-refractivity contribution in [1.29, 1.82) is 0 Å². The average molecular weight is 249 g/mol. The van der Waals surface area contributed by atoms with Gasteiger partial charge in [-0.15, -0.1) is 0 Å². The Morgan fingerprint density at radius 3 is 2.89 bits per heavy atom. The number of hydrogen-bond donors (Lipinski definition) is 1. The van der Waals surface area contributed by atoms with Crippen LogP contribution in [0.3, 0.4) is 0 Å². The van der Waals surface area contributed by atoms with E-state index in [0.29, 0.717) is 24.5 Å². The molecule has 0 unspecified atom stereocenters. The number of carbonyl (C=O) groups is 1. The molecule has 1 N–H and O–H groups in total. The van der Waals surface area contributed by atoms with Crippen LogP contribution in [0, 0.1) is 0 Å². The van der Waals surface area contributed by atoms with Crippen molar-refractivity contribution in [2.75, 3.05) is 13.2 Å². The first kappa shape index (κ1) is 12.9. The summed E-state index contributed by atoms with van der Waals surface area (Å²) in [6.07, 6.45) is 0. The summed E-state index contributed by atoms with van der Waals surface area (Å²) in [5.74, 6) is 0.318. The van der Waals surface area contributed by atoms with E-state index in [-0.39, 0.29) is 5.97 Å². The van der Waals surface area contributed by atoms with Crippen LogP contribution in [0.15, 0.2) is 18.2 Å². The predicted octanol–water partition coefficient (Wildman–Crippen LogP) is 2.12. The van der Waals surface area contributed by atoms with Gasteiger partial charge in [-0.3, -0.25) is 0 Å². The van der Waals surface area contributed by atoms with Gasteiger partial charge in [0.25, 0.3) is 0 Å². The van der Waals surface area contributed by atoms with Gasteiger partial charge in [-0.1, -0.05) is 12.1 Å². The fourth-order valence-electron chi connectivity index (χ4n) is 1.84. The largest absolute Gasteiger partial charge is 0.491 e. The molecular weight excluding hydrogens is 230 g/mol. The first-order valence-electron chi connectivity index (χ1n) is 6.16. The van der Waals surface area contributed by atoms with Gasteiger partial charge in [-0.05, 0) is 26.8 Å². The van der Waals surface area contributed by atoms with E-state index >= 15 is 0 Å². The Bertz CT molecular complexity index is 449. The van der Waals surface area contributed by atoms with Gasteiger partial charge in [-0.2, -0.15) is 0 Å². The molecule has 4 nitrogen and oxygen atoms in total. The summed E-state index contributed by atoms with van der Waals surface area (Å²) in [7, 11) is 0. The number of hydrogen-bond acceptors (Lipinski definition) is 4. The molecule has 18 heavy (non-hydrogen) atoms. The van der Waals surface area contributed by atoms with Crippen LogP contribution in [0.2, 0.25) is 0 Å². The maximum absolute atomic E-state index is 12.1. The number of ether oxygens (including phenoxy) is 2. The third kappa shape index (κ3) is 3.01. The molecule has 0 aliphatic carbocycles. The number of fused-ring (bicyclic) bond motifs is 1. The summed E-state index contributed by atoms with van der Waals surface area (Å²) < 4.78 is 11.0. The van der Waals surface area contributed by atoms with Gasteiger partial charge in [0.05, 0.1) is 0 Å². The zero-order valence-corrected chi connectivity index (χ0v) is 11.1. The van der Waals surface area contributed by atoms with Gasteiger partial charge in [0, 0.05) is 18.7 Å². The number of benzene rings is 1. The standard InChI is InChI=1S/C14H19NO3/c1-14(2,3)18-13(16)11-6-4-5-10-9-15-7-8-17-12(10)11/h4-6,15H,7-9H2,1-3H3. The van der Waals surface area contributed by atoms with E-state index in [1.165, 1.54) is 0 Å². The van der Waals surface area contributed by atoms with Crippen LogP contribution in [-0.2, 0) is 11.3 Å². The molecule has 0 saturated carbocycles. The molecule has 0 amide bonds. The molecule has 0 atom stereocenters. The molecule has 1 aromatic rings. The van der Waals surface area contributed by atoms with Crippen LogP contribution in [0.25, 0.3) is 0 Å². The van der Waals surface area contributed by atoms with Crippen molar-refractivity contribution in [3.63, 3.8) is 0 Å². The Morgan fingerprint density at radius 1 is 1.39 bits per heavy atom. The molecule has 98 valence electrons. The summed E-state index contributed by atoms with van der Waals surface area (Å²) in [4.78, 5) is 12.1. The zero-order valence-electron chi connectivity index (χ0n) is 11.1. The smallest absolute Gasteiger partial charge is 0.342 e. The maximum atomic E-state index is 12.1. The van der Waals surface area contributed by atoms with Gasteiger partial charge in [0.15, 0.2) is 0 Å². The van der Waals surface area contributed by atoms with E-state index in [0.717, 1.165) is 12.1 Å². The molecule has 2 rings (SSSR count). The SMILES string of the molecule is CC(C)(C)OC(=O)c1cccc2c1OCCNC2. The third-order valence-electron chi connectivity index (χ3n) is 2.56. The molecule has 0 fully saturated rings. The molecule has 1 aliphatic rings. The summed E-state index contributed by atoms with van der Waals surface area (Å²) in [6, 6.07) is 5.56. The van der Waals surface area contributed by atoms with Gasteiger partial charge in [0.1, 0.15) is 23.5 Å². The lowest BCUT2D eigenvalue weighted by Crippen LogP contribution is -2.24. The minimum atomic E-state index is -0.497. The highest BCUT2D eigenvalue weighted by Crippen LogP contribution is 2.27. The molecule has 0 radical (unpaired) electrons. The second-order valence-corrected chi connectivity index (χ2v) is 5.32. The Kier molecular flexibility index (Phi) is 3.57. The van der Waals surface area contributed by atoms with E-state index in [1.807, 2.05) is 32.9 Å². The summed E-state index contributed by atoms with van der Waals surface area (Å²) in [5.41, 5.74) is 1.00. The van der Waals surface area contributed by atoms with E-state index in [1.54, 1.807) is 6.07 Å². The van der Waals surface area contributed by atoms with Crippen molar-refractivity contribution in [1.82, 2.24) is 5.32 Å². The van der Waals surface area contributed by atoms with Gasteiger partial charge < -0.3 is 14.8 Å². The van der Waals surface area contributed by atoms with Crippen LogP contribution in [0.4, 0.5) is 0 Å². The fraction of sp³-hybridized carbons (Fsp3) is 0.500. The van der Waals surface area contributed by atoms with Crippen LogP contribution < -0.4 is 10.1 Å². The first-order valence-corrected chi connectivity index (χ1v) is 6.16. The number of nitrogens with one attached hydrogen (secondary N) is 1. The van der Waals surface area contributed by atoms with Crippen LogP contribution in [0.5, 0.6) is 5.75 Å². The lowest BCUT2D eigenvalue weighted by Gasteiger charge is -2.20. The van der Waals surface area contributed by atoms with Crippen LogP contribution in [-0.4, -0.2) is 24.7 Å².